The van der Waals surface area contributed by atoms with Gasteiger partial charge in [0, 0.05) is 12.6 Å². The van der Waals surface area contributed by atoms with E-state index in [-0.39, 0.29) is 17.9 Å². The van der Waals surface area contributed by atoms with Gasteiger partial charge in [0.05, 0.1) is 6.04 Å². The van der Waals surface area contributed by atoms with Crippen LogP contribution < -0.4 is 5.73 Å². The number of hydrogen-bond donors (Lipinski definition) is 1. The summed E-state index contributed by atoms with van der Waals surface area (Å²) < 4.78 is 0. The fourth-order valence-electron chi connectivity index (χ4n) is 1.73. The van der Waals surface area contributed by atoms with Gasteiger partial charge in [-0.25, -0.2) is 0 Å². The molecule has 1 aliphatic carbocycles. The van der Waals surface area contributed by atoms with Crippen molar-refractivity contribution < 1.29 is 4.79 Å². The highest BCUT2D eigenvalue weighted by molar-refractivity contribution is 5.82. The van der Waals surface area contributed by atoms with E-state index in [9.17, 15) is 4.79 Å². The number of carbonyl (C=O) groups is 1. The van der Waals surface area contributed by atoms with Crippen LogP contribution in [0.2, 0.25) is 0 Å². The fourth-order valence-corrected chi connectivity index (χ4v) is 1.73. The maximum absolute atomic E-state index is 12.2. The van der Waals surface area contributed by atoms with Gasteiger partial charge in [-0.1, -0.05) is 27.7 Å². The van der Waals surface area contributed by atoms with Crippen LogP contribution in [0.25, 0.3) is 0 Å². The van der Waals surface area contributed by atoms with Crippen molar-refractivity contribution in [1.29, 1.82) is 0 Å². The Hall–Kier alpha value is -0.570. The standard InChI is InChI=1S/C13H26N2O/c1-9(2)7-8-15(11-5-6-11)13(16)12(14)10(3)4/h9-12H,5-8,14H2,1-4H3/t12-/m1/s1. The van der Waals surface area contributed by atoms with Crippen molar-refractivity contribution in [3.63, 3.8) is 0 Å². The van der Waals surface area contributed by atoms with Gasteiger partial charge in [0.25, 0.3) is 0 Å². The summed E-state index contributed by atoms with van der Waals surface area (Å²) in [7, 11) is 0. The van der Waals surface area contributed by atoms with Crippen LogP contribution in [0.5, 0.6) is 0 Å². The number of hydrogen-bond acceptors (Lipinski definition) is 2. The molecule has 94 valence electrons. The predicted molar refractivity (Wildman–Crippen MR) is 67.0 cm³/mol. The molecule has 1 rings (SSSR count). The Kier molecular flexibility index (Phi) is 4.78. The zero-order valence-corrected chi connectivity index (χ0v) is 11.1. The number of carbonyl (C=O) groups excluding carboxylic acids is 1. The number of rotatable bonds is 6. The van der Waals surface area contributed by atoms with Gasteiger partial charge in [-0.2, -0.15) is 0 Å². The van der Waals surface area contributed by atoms with Gasteiger partial charge in [-0.3, -0.25) is 4.79 Å². The second-order valence-electron chi connectivity index (χ2n) is 5.72. The van der Waals surface area contributed by atoms with Gasteiger partial charge in [0.1, 0.15) is 0 Å². The van der Waals surface area contributed by atoms with Crippen molar-refractivity contribution in [3.05, 3.63) is 0 Å². The molecule has 0 aliphatic heterocycles. The normalized spacial score (nSPS) is 17.9. The van der Waals surface area contributed by atoms with Crippen molar-refractivity contribution in [2.24, 2.45) is 17.6 Å². The molecule has 0 aromatic carbocycles. The molecule has 0 heterocycles. The zero-order chi connectivity index (χ0) is 12.3. The Morgan fingerprint density at radius 1 is 1.31 bits per heavy atom. The second-order valence-corrected chi connectivity index (χ2v) is 5.72. The van der Waals surface area contributed by atoms with E-state index in [1.165, 1.54) is 0 Å². The highest BCUT2D eigenvalue weighted by atomic mass is 16.2. The molecule has 0 bridgehead atoms. The van der Waals surface area contributed by atoms with Crippen molar-refractivity contribution in [2.45, 2.75) is 59.0 Å². The first-order valence-corrected chi connectivity index (χ1v) is 6.49. The summed E-state index contributed by atoms with van der Waals surface area (Å²) in [5.74, 6) is 1.02. The maximum Gasteiger partial charge on any atom is 0.239 e. The van der Waals surface area contributed by atoms with Crippen LogP contribution in [0.1, 0.15) is 47.0 Å². The highest BCUT2D eigenvalue weighted by Gasteiger charge is 2.35. The molecule has 2 N–H and O–H groups in total. The summed E-state index contributed by atoms with van der Waals surface area (Å²) in [4.78, 5) is 14.2. The Balaban J connectivity index is 2.52. The number of nitrogens with zero attached hydrogens (tertiary/aromatic N) is 1. The molecular formula is C13H26N2O. The monoisotopic (exact) mass is 226 g/mol. The van der Waals surface area contributed by atoms with Gasteiger partial charge in [-0.15, -0.1) is 0 Å². The highest BCUT2D eigenvalue weighted by Crippen LogP contribution is 2.28. The van der Waals surface area contributed by atoms with Gasteiger partial charge < -0.3 is 10.6 Å². The molecule has 0 spiro atoms. The summed E-state index contributed by atoms with van der Waals surface area (Å²) >= 11 is 0. The molecule has 3 nitrogen and oxygen atoms in total. The molecule has 1 amide bonds. The van der Waals surface area contributed by atoms with E-state index in [0.29, 0.717) is 12.0 Å². The smallest absolute Gasteiger partial charge is 0.239 e. The minimum atomic E-state index is -0.326. The molecule has 0 aromatic heterocycles. The summed E-state index contributed by atoms with van der Waals surface area (Å²) in [5, 5.41) is 0. The van der Waals surface area contributed by atoms with Crippen LogP contribution in [0.3, 0.4) is 0 Å². The van der Waals surface area contributed by atoms with Crippen molar-refractivity contribution in [2.75, 3.05) is 6.54 Å². The van der Waals surface area contributed by atoms with Crippen LogP contribution in [0, 0.1) is 11.8 Å². The van der Waals surface area contributed by atoms with E-state index in [1.807, 2.05) is 18.7 Å². The molecular weight excluding hydrogens is 200 g/mol. The fraction of sp³-hybridized carbons (Fsp3) is 0.923. The van der Waals surface area contributed by atoms with Crippen LogP contribution in [-0.2, 0) is 4.79 Å². The van der Waals surface area contributed by atoms with Crippen LogP contribution in [0.15, 0.2) is 0 Å². The van der Waals surface area contributed by atoms with Crippen LogP contribution >= 0.6 is 0 Å². The molecule has 0 saturated heterocycles. The van der Waals surface area contributed by atoms with Crippen LogP contribution in [-0.4, -0.2) is 29.4 Å². The summed E-state index contributed by atoms with van der Waals surface area (Å²) in [6.07, 6.45) is 3.40. The predicted octanol–water partition coefficient (Wildman–Crippen LogP) is 2.01. The summed E-state index contributed by atoms with van der Waals surface area (Å²) in [6, 6.07) is 0.156. The van der Waals surface area contributed by atoms with Crippen LogP contribution in [0.4, 0.5) is 0 Å². The Bertz CT molecular complexity index is 234. The van der Waals surface area contributed by atoms with E-state index >= 15 is 0 Å². The number of nitrogens with two attached hydrogens (primary N) is 1. The quantitative estimate of drug-likeness (QED) is 0.753. The SMILES string of the molecule is CC(C)CCN(C(=O)[C@H](N)C(C)C)C1CC1. The maximum atomic E-state index is 12.2. The van der Waals surface area contributed by atoms with Gasteiger partial charge in [0.15, 0.2) is 0 Å². The molecule has 0 aromatic rings. The average molecular weight is 226 g/mol. The first-order valence-electron chi connectivity index (χ1n) is 6.49. The zero-order valence-electron chi connectivity index (χ0n) is 11.1. The molecule has 1 fully saturated rings. The van der Waals surface area contributed by atoms with Crippen molar-refractivity contribution in [3.8, 4) is 0 Å². The molecule has 16 heavy (non-hydrogen) atoms. The number of amides is 1. The molecule has 1 saturated carbocycles. The molecule has 0 radical (unpaired) electrons. The second kappa shape index (κ2) is 5.67. The van der Waals surface area contributed by atoms with Gasteiger partial charge >= 0.3 is 0 Å². The lowest BCUT2D eigenvalue weighted by atomic mass is 10.0. The Morgan fingerprint density at radius 2 is 1.88 bits per heavy atom. The van der Waals surface area contributed by atoms with Crippen molar-refractivity contribution >= 4 is 5.91 Å². The lowest BCUT2D eigenvalue weighted by Gasteiger charge is -2.27. The summed E-state index contributed by atoms with van der Waals surface area (Å²) in [5.41, 5.74) is 5.94. The molecule has 3 heteroatoms. The molecule has 1 atom stereocenters. The third-order valence-corrected chi connectivity index (χ3v) is 3.22. The summed E-state index contributed by atoms with van der Waals surface area (Å²) in [6.45, 7) is 9.28. The Labute approximate surface area is 99.4 Å². The third kappa shape index (κ3) is 3.78. The Morgan fingerprint density at radius 3 is 2.25 bits per heavy atom. The first-order chi connectivity index (χ1) is 7.43. The van der Waals surface area contributed by atoms with E-state index in [2.05, 4.69) is 13.8 Å². The molecule has 0 unspecified atom stereocenters. The van der Waals surface area contributed by atoms with Gasteiger partial charge in [-0.05, 0) is 31.1 Å². The lowest BCUT2D eigenvalue weighted by molar-refractivity contribution is -0.134. The molecule has 1 aliphatic rings. The van der Waals surface area contributed by atoms with E-state index in [1.54, 1.807) is 0 Å². The third-order valence-electron chi connectivity index (χ3n) is 3.22. The van der Waals surface area contributed by atoms with E-state index in [0.717, 1.165) is 25.8 Å². The first kappa shape index (κ1) is 13.5. The van der Waals surface area contributed by atoms with E-state index < -0.39 is 0 Å². The average Bonchev–Trinajstić information content (AvgIpc) is 3.00. The minimum Gasteiger partial charge on any atom is -0.338 e. The minimum absolute atomic E-state index is 0.151. The lowest BCUT2D eigenvalue weighted by Crippen LogP contribution is -2.48. The topological polar surface area (TPSA) is 46.3 Å². The van der Waals surface area contributed by atoms with Crippen molar-refractivity contribution in [1.82, 2.24) is 4.90 Å². The largest absolute Gasteiger partial charge is 0.338 e. The van der Waals surface area contributed by atoms with E-state index in [4.69, 9.17) is 5.73 Å². The van der Waals surface area contributed by atoms with Gasteiger partial charge in [0.2, 0.25) is 5.91 Å².